The highest BCUT2D eigenvalue weighted by Gasteiger charge is 2.19. The highest BCUT2D eigenvalue weighted by Crippen LogP contribution is 2.15. The third kappa shape index (κ3) is 2.79. The number of aromatic nitrogens is 1. The first-order valence-electron chi connectivity index (χ1n) is 6.26. The monoisotopic (exact) mass is 249 g/mol. The zero-order valence-corrected chi connectivity index (χ0v) is 10.8. The van der Waals surface area contributed by atoms with Crippen LogP contribution in [0, 0.1) is 0 Å². The van der Waals surface area contributed by atoms with Gasteiger partial charge in [0.2, 0.25) is 0 Å². The zero-order valence-electron chi connectivity index (χ0n) is 10.8. The Morgan fingerprint density at radius 3 is 2.39 bits per heavy atom. The largest absolute Gasteiger partial charge is 0.478 e. The van der Waals surface area contributed by atoms with Gasteiger partial charge in [0.15, 0.2) is 0 Å². The predicted molar refractivity (Wildman–Crippen MR) is 70.1 cm³/mol. The maximum absolute atomic E-state index is 10.7. The number of piperazine rings is 1. The SMILES string of the molecule is CC(C)N1CCN(c2ccc(C(=O)O)cn2)CC1. The number of nitrogens with zero attached hydrogens (tertiary/aromatic N) is 3. The lowest BCUT2D eigenvalue weighted by atomic mass is 10.2. The highest BCUT2D eigenvalue weighted by molar-refractivity contribution is 5.87. The van der Waals surface area contributed by atoms with Crippen molar-refractivity contribution in [3.8, 4) is 0 Å². The van der Waals surface area contributed by atoms with Crippen molar-refractivity contribution >= 4 is 11.8 Å². The number of pyridine rings is 1. The number of aromatic carboxylic acids is 1. The first-order chi connectivity index (χ1) is 8.58. The van der Waals surface area contributed by atoms with Crippen molar-refractivity contribution in [1.29, 1.82) is 0 Å². The van der Waals surface area contributed by atoms with Gasteiger partial charge in [0, 0.05) is 38.4 Å². The first-order valence-corrected chi connectivity index (χ1v) is 6.26. The van der Waals surface area contributed by atoms with Crippen molar-refractivity contribution in [2.24, 2.45) is 0 Å². The van der Waals surface area contributed by atoms with Crippen molar-refractivity contribution < 1.29 is 9.90 Å². The topological polar surface area (TPSA) is 56.7 Å². The summed E-state index contributed by atoms with van der Waals surface area (Å²) < 4.78 is 0. The van der Waals surface area contributed by atoms with Crippen LogP contribution in [0.3, 0.4) is 0 Å². The molecular weight excluding hydrogens is 230 g/mol. The molecule has 98 valence electrons. The van der Waals surface area contributed by atoms with Crippen molar-refractivity contribution in [2.45, 2.75) is 19.9 Å². The number of hydrogen-bond donors (Lipinski definition) is 1. The van der Waals surface area contributed by atoms with Crippen LogP contribution in [-0.4, -0.2) is 53.2 Å². The standard InChI is InChI=1S/C13H19N3O2/c1-10(2)15-5-7-16(8-6-15)12-4-3-11(9-14-12)13(17)18/h3-4,9-10H,5-8H2,1-2H3,(H,17,18). The molecule has 2 heterocycles. The summed E-state index contributed by atoms with van der Waals surface area (Å²) in [4.78, 5) is 19.6. The number of anilines is 1. The van der Waals surface area contributed by atoms with Crippen molar-refractivity contribution in [3.05, 3.63) is 23.9 Å². The fraction of sp³-hybridized carbons (Fsp3) is 0.538. The third-order valence-electron chi connectivity index (χ3n) is 3.36. The number of hydrogen-bond acceptors (Lipinski definition) is 4. The second kappa shape index (κ2) is 5.35. The minimum Gasteiger partial charge on any atom is -0.478 e. The lowest BCUT2D eigenvalue weighted by Crippen LogP contribution is -2.49. The minimum atomic E-state index is -0.932. The number of rotatable bonds is 3. The summed E-state index contributed by atoms with van der Waals surface area (Å²) in [6.45, 7) is 8.35. The molecule has 0 radical (unpaired) electrons. The summed E-state index contributed by atoms with van der Waals surface area (Å²) in [5.74, 6) is -0.0675. The van der Waals surface area contributed by atoms with E-state index in [9.17, 15) is 4.79 Å². The van der Waals surface area contributed by atoms with Crippen LogP contribution in [0.5, 0.6) is 0 Å². The Hall–Kier alpha value is -1.62. The van der Waals surface area contributed by atoms with Crippen molar-refractivity contribution in [1.82, 2.24) is 9.88 Å². The molecule has 0 aromatic carbocycles. The third-order valence-corrected chi connectivity index (χ3v) is 3.36. The molecule has 18 heavy (non-hydrogen) atoms. The maximum atomic E-state index is 10.7. The molecule has 1 fully saturated rings. The lowest BCUT2D eigenvalue weighted by molar-refractivity contribution is 0.0696. The molecule has 0 spiro atoms. The Labute approximate surface area is 107 Å². The predicted octanol–water partition coefficient (Wildman–Crippen LogP) is 1.31. The van der Waals surface area contributed by atoms with Gasteiger partial charge < -0.3 is 10.0 Å². The van der Waals surface area contributed by atoms with E-state index in [0.717, 1.165) is 32.0 Å². The van der Waals surface area contributed by atoms with Crippen molar-refractivity contribution in [2.75, 3.05) is 31.1 Å². The number of carboxylic acids is 1. The smallest absolute Gasteiger partial charge is 0.337 e. The molecule has 0 unspecified atom stereocenters. The molecule has 1 N–H and O–H groups in total. The van der Waals surface area contributed by atoms with Gasteiger partial charge in [0.1, 0.15) is 5.82 Å². The van der Waals surface area contributed by atoms with E-state index in [1.165, 1.54) is 6.20 Å². The van der Waals surface area contributed by atoms with Gasteiger partial charge in [0.25, 0.3) is 0 Å². The van der Waals surface area contributed by atoms with E-state index < -0.39 is 5.97 Å². The van der Waals surface area contributed by atoms with E-state index in [1.54, 1.807) is 12.1 Å². The molecule has 1 aliphatic heterocycles. The Balaban J connectivity index is 1.99. The van der Waals surface area contributed by atoms with E-state index in [1.807, 2.05) is 0 Å². The average Bonchev–Trinajstić information content (AvgIpc) is 2.39. The first kappa shape index (κ1) is 12.8. The van der Waals surface area contributed by atoms with Gasteiger partial charge in [-0.25, -0.2) is 9.78 Å². The van der Waals surface area contributed by atoms with E-state index in [0.29, 0.717) is 6.04 Å². The summed E-state index contributed by atoms with van der Waals surface area (Å²) in [5, 5.41) is 8.82. The molecule has 0 saturated carbocycles. The fourth-order valence-electron chi connectivity index (χ4n) is 2.17. The van der Waals surface area contributed by atoms with E-state index in [4.69, 9.17) is 5.11 Å². The van der Waals surface area contributed by atoms with Gasteiger partial charge in [-0.05, 0) is 26.0 Å². The molecule has 0 amide bonds. The fourth-order valence-corrected chi connectivity index (χ4v) is 2.17. The van der Waals surface area contributed by atoms with E-state index in [2.05, 4.69) is 28.6 Å². The molecular formula is C13H19N3O2. The van der Waals surface area contributed by atoms with Gasteiger partial charge in [0.05, 0.1) is 5.56 Å². The molecule has 5 nitrogen and oxygen atoms in total. The summed E-state index contributed by atoms with van der Waals surface area (Å²) in [6.07, 6.45) is 1.42. The second-order valence-corrected chi connectivity index (χ2v) is 4.83. The molecule has 0 bridgehead atoms. The average molecular weight is 249 g/mol. The van der Waals surface area contributed by atoms with Crippen LogP contribution < -0.4 is 4.90 Å². The Kier molecular flexibility index (Phi) is 3.81. The van der Waals surface area contributed by atoms with Gasteiger partial charge >= 0.3 is 5.97 Å². The molecule has 5 heteroatoms. The summed E-state index contributed by atoms with van der Waals surface area (Å²) >= 11 is 0. The molecule has 1 saturated heterocycles. The minimum absolute atomic E-state index is 0.236. The van der Waals surface area contributed by atoms with Crippen LogP contribution >= 0.6 is 0 Å². The summed E-state index contributed by atoms with van der Waals surface area (Å²) in [5.41, 5.74) is 0.236. The Bertz CT molecular complexity index is 409. The molecule has 0 atom stereocenters. The molecule has 2 rings (SSSR count). The normalized spacial score (nSPS) is 17.2. The van der Waals surface area contributed by atoms with Crippen LogP contribution in [0.2, 0.25) is 0 Å². The maximum Gasteiger partial charge on any atom is 0.337 e. The van der Waals surface area contributed by atoms with Crippen LogP contribution in [0.25, 0.3) is 0 Å². The summed E-state index contributed by atoms with van der Waals surface area (Å²) in [7, 11) is 0. The molecule has 1 aromatic rings. The Morgan fingerprint density at radius 1 is 1.28 bits per heavy atom. The van der Waals surface area contributed by atoms with Crippen LogP contribution in [0.15, 0.2) is 18.3 Å². The van der Waals surface area contributed by atoms with Gasteiger partial charge in [-0.3, -0.25) is 4.90 Å². The Morgan fingerprint density at radius 2 is 1.94 bits per heavy atom. The number of carboxylic acid groups (broad SMARTS) is 1. The van der Waals surface area contributed by atoms with Gasteiger partial charge in [-0.1, -0.05) is 0 Å². The van der Waals surface area contributed by atoms with Crippen LogP contribution in [0.1, 0.15) is 24.2 Å². The number of carbonyl (C=O) groups is 1. The highest BCUT2D eigenvalue weighted by atomic mass is 16.4. The van der Waals surface area contributed by atoms with Crippen LogP contribution in [0.4, 0.5) is 5.82 Å². The zero-order chi connectivity index (χ0) is 13.1. The summed E-state index contributed by atoms with van der Waals surface area (Å²) in [6, 6.07) is 3.98. The van der Waals surface area contributed by atoms with Gasteiger partial charge in [-0.15, -0.1) is 0 Å². The molecule has 1 aromatic heterocycles. The second-order valence-electron chi connectivity index (χ2n) is 4.83. The lowest BCUT2D eigenvalue weighted by Gasteiger charge is -2.37. The van der Waals surface area contributed by atoms with Gasteiger partial charge in [-0.2, -0.15) is 0 Å². The molecule has 0 aliphatic carbocycles. The molecule has 1 aliphatic rings. The van der Waals surface area contributed by atoms with Crippen LogP contribution in [-0.2, 0) is 0 Å². The van der Waals surface area contributed by atoms with Crippen molar-refractivity contribution in [3.63, 3.8) is 0 Å². The van der Waals surface area contributed by atoms with E-state index in [-0.39, 0.29) is 5.56 Å². The van der Waals surface area contributed by atoms with E-state index >= 15 is 0 Å². The quantitative estimate of drug-likeness (QED) is 0.875.